The average molecular weight is 428 g/mol. The van der Waals surface area contributed by atoms with Crippen LogP contribution in [0.1, 0.15) is 40.0 Å². The van der Waals surface area contributed by atoms with E-state index in [9.17, 15) is 19.7 Å². The summed E-state index contributed by atoms with van der Waals surface area (Å²) in [5.41, 5.74) is 0.587. The summed E-state index contributed by atoms with van der Waals surface area (Å²) in [7, 11) is 2.91. The van der Waals surface area contributed by atoms with Crippen LogP contribution in [0.4, 0.5) is 11.4 Å². The van der Waals surface area contributed by atoms with E-state index in [1.165, 1.54) is 32.4 Å². The van der Waals surface area contributed by atoms with Crippen LogP contribution in [0, 0.1) is 10.1 Å². The van der Waals surface area contributed by atoms with Crippen molar-refractivity contribution in [1.82, 2.24) is 0 Å². The largest absolute Gasteiger partial charge is 0.497 e. The number of esters is 1. The van der Waals surface area contributed by atoms with Gasteiger partial charge in [-0.3, -0.25) is 14.9 Å². The van der Waals surface area contributed by atoms with Crippen molar-refractivity contribution in [3.05, 3.63) is 57.6 Å². The maximum Gasteiger partial charge on any atom is 0.338 e. The molecule has 164 valence electrons. The molecule has 0 aliphatic carbocycles. The van der Waals surface area contributed by atoms with E-state index in [2.05, 4.69) is 0 Å². The summed E-state index contributed by atoms with van der Waals surface area (Å²) in [5, 5.41) is 11.6. The lowest BCUT2D eigenvalue weighted by Gasteiger charge is -2.28. The highest BCUT2D eigenvalue weighted by Gasteiger charge is 2.24. The minimum absolute atomic E-state index is 0.0157. The Morgan fingerprint density at radius 2 is 1.77 bits per heavy atom. The second-order valence-corrected chi connectivity index (χ2v) is 7.07. The lowest BCUT2D eigenvalue weighted by Crippen LogP contribution is -2.30. The number of anilines is 1. The molecule has 0 aromatic heterocycles. The van der Waals surface area contributed by atoms with E-state index >= 15 is 0 Å². The molecule has 0 bridgehead atoms. The van der Waals surface area contributed by atoms with E-state index < -0.39 is 23.3 Å². The predicted molar refractivity (Wildman–Crippen MR) is 113 cm³/mol. The number of rotatable bonds is 8. The second kappa shape index (κ2) is 9.92. The van der Waals surface area contributed by atoms with E-state index in [-0.39, 0.29) is 16.8 Å². The molecule has 1 aliphatic heterocycles. The molecule has 2 aromatic carbocycles. The summed E-state index contributed by atoms with van der Waals surface area (Å²) in [5.74, 6) is -0.463. The highest BCUT2D eigenvalue weighted by molar-refractivity contribution is 6.01. The molecule has 0 unspecified atom stereocenters. The topological polar surface area (TPSA) is 108 Å². The number of hydrogen-bond acceptors (Lipinski definition) is 8. The fraction of sp³-hybridized carbons (Fsp3) is 0.364. The van der Waals surface area contributed by atoms with Crippen molar-refractivity contribution in [2.45, 2.75) is 19.3 Å². The van der Waals surface area contributed by atoms with Crippen LogP contribution in [-0.4, -0.2) is 50.6 Å². The number of nitrogens with zero attached hydrogens (tertiary/aromatic N) is 2. The molecular formula is C22H24N2O7. The quantitative estimate of drug-likeness (QED) is 0.271. The first-order chi connectivity index (χ1) is 14.9. The Morgan fingerprint density at radius 1 is 1.03 bits per heavy atom. The molecule has 9 nitrogen and oxygen atoms in total. The maximum absolute atomic E-state index is 12.5. The van der Waals surface area contributed by atoms with E-state index in [1.807, 2.05) is 4.90 Å². The molecule has 1 aliphatic rings. The van der Waals surface area contributed by atoms with Crippen molar-refractivity contribution in [3.63, 3.8) is 0 Å². The van der Waals surface area contributed by atoms with Crippen molar-refractivity contribution in [2.75, 3.05) is 38.8 Å². The molecule has 9 heteroatoms. The number of nitro groups is 1. The summed E-state index contributed by atoms with van der Waals surface area (Å²) < 4.78 is 15.4. The van der Waals surface area contributed by atoms with Crippen molar-refractivity contribution in [3.8, 4) is 11.5 Å². The molecule has 3 rings (SSSR count). The maximum atomic E-state index is 12.5. The fourth-order valence-corrected chi connectivity index (χ4v) is 3.52. The van der Waals surface area contributed by atoms with Crippen LogP contribution < -0.4 is 14.4 Å². The molecule has 1 fully saturated rings. The summed E-state index contributed by atoms with van der Waals surface area (Å²) in [6.45, 7) is 0.953. The van der Waals surface area contributed by atoms with E-state index in [0.29, 0.717) is 17.2 Å². The molecule has 31 heavy (non-hydrogen) atoms. The van der Waals surface area contributed by atoms with E-state index in [1.54, 1.807) is 18.2 Å². The zero-order valence-electron chi connectivity index (χ0n) is 17.5. The van der Waals surface area contributed by atoms with Gasteiger partial charge in [0.05, 0.1) is 30.3 Å². The Morgan fingerprint density at radius 3 is 2.42 bits per heavy atom. The second-order valence-electron chi connectivity index (χ2n) is 7.07. The predicted octanol–water partition coefficient (Wildman–Crippen LogP) is 3.64. The third-order valence-corrected chi connectivity index (χ3v) is 5.15. The van der Waals surface area contributed by atoms with Gasteiger partial charge in [0.1, 0.15) is 17.2 Å². The Kier molecular flexibility index (Phi) is 7.07. The molecular weight excluding hydrogens is 404 g/mol. The lowest BCUT2D eigenvalue weighted by atomic mass is 10.1. The van der Waals surface area contributed by atoms with Gasteiger partial charge in [0.25, 0.3) is 5.69 Å². The molecule has 0 spiro atoms. The first-order valence-electron chi connectivity index (χ1n) is 9.90. The number of carbonyl (C=O) groups is 2. The van der Waals surface area contributed by atoms with Crippen LogP contribution in [0.3, 0.4) is 0 Å². The van der Waals surface area contributed by atoms with Crippen molar-refractivity contribution < 1.29 is 28.7 Å². The lowest BCUT2D eigenvalue weighted by molar-refractivity contribution is -0.384. The van der Waals surface area contributed by atoms with Crippen LogP contribution in [-0.2, 0) is 4.74 Å². The van der Waals surface area contributed by atoms with Crippen LogP contribution in [0.15, 0.2) is 36.4 Å². The summed E-state index contributed by atoms with van der Waals surface area (Å²) in [6.07, 6.45) is 3.04. The third-order valence-electron chi connectivity index (χ3n) is 5.15. The Balaban J connectivity index is 1.72. The van der Waals surface area contributed by atoms with Crippen molar-refractivity contribution in [2.24, 2.45) is 0 Å². The Hall–Kier alpha value is -3.62. The van der Waals surface area contributed by atoms with Gasteiger partial charge in [-0.05, 0) is 43.5 Å². The van der Waals surface area contributed by atoms with E-state index in [0.717, 1.165) is 32.4 Å². The normalized spacial score (nSPS) is 13.4. The van der Waals surface area contributed by atoms with Crippen LogP contribution in [0.25, 0.3) is 0 Å². The number of nitro benzene ring substituents is 1. The zero-order chi connectivity index (χ0) is 22.4. The van der Waals surface area contributed by atoms with Gasteiger partial charge >= 0.3 is 5.97 Å². The summed E-state index contributed by atoms with van der Waals surface area (Å²) >= 11 is 0. The number of carbonyl (C=O) groups excluding carboxylic acids is 2. The highest BCUT2D eigenvalue weighted by atomic mass is 16.6. The molecule has 1 saturated heterocycles. The Labute approximate surface area is 179 Å². The summed E-state index contributed by atoms with van der Waals surface area (Å²) in [4.78, 5) is 37.9. The standard InChI is InChI=1S/C22H24N2O7/c1-29-16-7-8-17(21(13-16)30-2)20(25)14-31-22(26)15-6-9-18(19(12-15)24(27)28)23-10-4-3-5-11-23/h6-9,12-13H,3-5,10-11,14H2,1-2H3. The minimum Gasteiger partial charge on any atom is -0.497 e. The van der Waals surface area contributed by atoms with Crippen molar-refractivity contribution >= 4 is 23.1 Å². The SMILES string of the molecule is COc1ccc(C(=O)COC(=O)c2ccc(N3CCCCC3)c([N+](=O)[O-])c2)c(OC)c1. The van der Waals surface area contributed by atoms with Gasteiger partial charge in [0, 0.05) is 25.2 Å². The van der Waals surface area contributed by atoms with Gasteiger partial charge in [-0.15, -0.1) is 0 Å². The number of methoxy groups -OCH3 is 2. The monoisotopic (exact) mass is 428 g/mol. The van der Waals surface area contributed by atoms with Gasteiger partial charge in [0.2, 0.25) is 5.78 Å². The van der Waals surface area contributed by atoms with Crippen LogP contribution in [0.5, 0.6) is 11.5 Å². The van der Waals surface area contributed by atoms with Gasteiger partial charge in [-0.1, -0.05) is 0 Å². The molecule has 0 N–H and O–H groups in total. The third kappa shape index (κ3) is 5.11. The van der Waals surface area contributed by atoms with Crippen molar-refractivity contribution in [1.29, 1.82) is 0 Å². The molecule has 0 amide bonds. The zero-order valence-corrected chi connectivity index (χ0v) is 17.5. The Bertz CT molecular complexity index is 984. The highest BCUT2D eigenvalue weighted by Crippen LogP contribution is 2.31. The molecule has 0 radical (unpaired) electrons. The number of hydrogen-bond donors (Lipinski definition) is 0. The number of Topliss-reactive ketones (excluding diaryl/α,β-unsaturated/α-hetero) is 1. The fourth-order valence-electron chi connectivity index (χ4n) is 3.52. The number of ketones is 1. The average Bonchev–Trinajstić information content (AvgIpc) is 2.81. The van der Waals surface area contributed by atoms with Gasteiger partial charge in [-0.25, -0.2) is 4.79 Å². The molecule has 2 aromatic rings. The van der Waals surface area contributed by atoms with Gasteiger partial charge in [0.15, 0.2) is 6.61 Å². The molecule has 0 saturated carbocycles. The molecule has 1 heterocycles. The van der Waals surface area contributed by atoms with Crippen LogP contribution >= 0.6 is 0 Å². The van der Waals surface area contributed by atoms with Crippen LogP contribution in [0.2, 0.25) is 0 Å². The van der Waals surface area contributed by atoms with E-state index in [4.69, 9.17) is 14.2 Å². The van der Waals surface area contributed by atoms with Gasteiger partial charge < -0.3 is 19.1 Å². The molecule has 0 atom stereocenters. The first kappa shape index (κ1) is 22.1. The summed E-state index contributed by atoms with van der Waals surface area (Å²) in [6, 6.07) is 8.92. The number of ether oxygens (including phenoxy) is 3. The van der Waals surface area contributed by atoms with Gasteiger partial charge in [-0.2, -0.15) is 0 Å². The minimum atomic E-state index is -0.811. The first-order valence-corrected chi connectivity index (χ1v) is 9.90. The number of piperidine rings is 1. The number of benzene rings is 2. The smallest absolute Gasteiger partial charge is 0.338 e.